The molecule has 0 aromatic rings. The minimum Gasteiger partial charge on any atom is -2.00 e. The van der Waals surface area contributed by atoms with Gasteiger partial charge in [0.25, 0.3) is 0 Å². The maximum absolute atomic E-state index is 8.25. The van der Waals surface area contributed by atoms with Crippen molar-refractivity contribution in [3.05, 3.63) is 15.3 Å². The maximum Gasteiger partial charge on any atom is 4.00 e. The second-order valence-corrected chi connectivity index (χ2v) is 0.224. The molecule has 50 valence electrons. The van der Waals surface area contributed by atoms with Crippen molar-refractivity contribution < 1.29 is 60.1 Å². The summed E-state index contributed by atoms with van der Waals surface area (Å²) in [6, 6.07) is 0. The van der Waals surface area contributed by atoms with Crippen molar-refractivity contribution >= 4 is 0 Å². The third-order valence-electron chi connectivity index (χ3n) is 0. The SMILES string of the molecule is O=[N+]([O-])[O-].[Ag+].[O-2].[O-2].[Ti+4]. The van der Waals surface area contributed by atoms with E-state index in [9.17, 15) is 0 Å². The van der Waals surface area contributed by atoms with Gasteiger partial charge in [0, 0.05) is 0 Å². The molecule has 0 amide bonds. The van der Waals surface area contributed by atoms with E-state index in [0.717, 1.165) is 0 Å². The largest absolute Gasteiger partial charge is 4.00 e. The van der Waals surface area contributed by atoms with Gasteiger partial charge in [0.15, 0.2) is 0 Å². The Morgan fingerprint density at radius 3 is 1.12 bits per heavy atom. The van der Waals surface area contributed by atoms with Gasteiger partial charge in [-0.2, -0.15) is 0 Å². The quantitative estimate of drug-likeness (QED) is 0.327. The summed E-state index contributed by atoms with van der Waals surface area (Å²) in [5, 5.41) is 14.8. The molecule has 0 saturated carbocycles. The van der Waals surface area contributed by atoms with Crippen LogP contribution in [0.2, 0.25) is 0 Å². The molecule has 0 heterocycles. The zero-order valence-corrected chi connectivity index (χ0v) is 6.33. The van der Waals surface area contributed by atoms with Crippen LogP contribution in [-0.2, 0) is 55.1 Å². The van der Waals surface area contributed by atoms with E-state index in [1.54, 1.807) is 0 Å². The van der Waals surface area contributed by atoms with Crippen LogP contribution in [-0.4, -0.2) is 5.09 Å². The van der Waals surface area contributed by atoms with Gasteiger partial charge in [-0.3, -0.25) is 0 Å². The van der Waals surface area contributed by atoms with Gasteiger partial charge in [0.05, 0.1) is 5.09 Å². The molecule has 0 rings (SSSR count). The molecule has 0 fully saturated rings. The van der Waals surface area contributed by atoms with Gasteiger partial charge < -0.3 is 26.3 Å². The molecule has 8 heavy (non-hydrogen) atoms. The Balaban J connectivity index is -0.00000000750. The van der Waals surface area contributed by atoms with Gasteiger partial charge in [-0.05, 0) is 0 Å². The van der Waals surface area contributed by atoms with E-state index < -0.39 is 5.09 Å². The minimum absolute atomic E-state index is 0. The summed E-state index contributed by atoms with van der Waals surface area (Å²) in [6.07, 6.45) is 0. The topological polar surface area (TPSA) is 123 Å². The summed E-state index contributed by atoms with van der Waals surface area (Å²) in [5.41, 5.74) is 0. The summed E-state index contributed by atoms with van der Waals surface area (Å²) >= 11 is 0. The predicted molar refractivity (Wildman–Crippen MR) is 11.7 cm³/mol. The first-order valence-electron chi connectivity index (χ1n) is 0.548. The molecular weight excluding hydrogens is 250 g/mol. The third-order valence-corrected chi connectivity index (χ3v) is 0. The maximum atomic E-state index is 8.25. The molecule has 0 radical (unpaired) electrons. The zero-order chi connectivity index (χ0) is 3.58. The van der Waals surface area contributed by atoms with Crippen molar-refractivity contribution in [2.24, 2.45) is 0 Å². The fourth-order valence-corrected chi connectivity index (χ4v) is 0. The molecule has 0 aromatic heterocycles. The number of rotatable bonds is 0. The fourth-order valence-electron chi connectivity index (χ4n) is 0. The first-order valence-corrected chi connectivity index (χ1v) is 0.548. The van der Waals surface area contributed by atoms with Crippen LogP contribution in [0.3, 0.4) is 0 Å². The molecule has 0 saturated heterocycles. The first-order chi connectivity index (χ1) is 1.73. The van der Waals surface area contributed by atoms with Gasteiger partial charge in [-0.25, -0.2) is 0 Å². The van der Waals surface area contributed by atoms with Gasteiger partial charge in [0.2, 0.25) is 0 Å². The molecule has 0 atom stereocenters. The Bertz CT molecular complexity index is 35.4. The molecule has 6 nitrogen and oxygen atoms in total. The molecule has 8 heteroatoms. The smallest absolute Gasteiger partial charge is 2.00 e. The minimum atomic E-state index is -1.75. The van der Waals surface area contributed by atoms with E-state index in [1.165, 1.54) is 0 Å². The monoisotopic (exact) mass is 249 g/mol. The van der Waals surface area contributed by atoms with Crippen molar-refractivity contribution in [2.45, 2.75) is 0 Å². The van der Waals surface area contributed by atoms with E-state index in [0.29, 0.717) is 0 Å². The Kier molecular flexibility index (Phi) is 123. The van der Waals surface area contributed by atoms with Crippen LogP contribution in [0.15, 0.2) is 0 Å². The average molecular weight is 250 g/mol. The van der Waals surface area contributed by atoms with Gasteiger partial charge in [-0.1, -0.05) is 0 Å². The summed E-state index contributed by atoms with van der Waals surface area (Å²) < 4.78 is 0. The average Bonchev–Trinajstić information content (AvgIpc) is 0.811. The van der Waals surface area contributed by atoms with Crippen LogP contribution in [0.4, 0.5) is 0 Å². The molecule has 0 aromatic carbocycles. The number of nitrogens with zero attached hydrogens (tertiary/aromatic N) is 1. The molecule has 0 aliphatic rings. The molecule has 0 spiro atoms. The van der Waals surface area contributed by atoms with Crippen molar-refractivity contribution in [1.29, 1.82) is 0 Å². The normalized spacial score (nSPS) is 3.00. The van der Waals surface area contributed by atoms with E-state index in [4.69, 9.17) is 15.3 Å². The van der Waals surface area contributed by atoms with Crippen LogP contribution in [0.1, 0.15) is 0 Å². The van der Waals surface area contributed by atoms with Gasteiger partial charge >= 0.3 is 44.1 Å². The summed E-state index contributed by atoms with van der Waals surface area (Å²) in [7, 11) is 0. The Morgan fingerprint density at radius 1 is 1.12 bits per heavy atom. The molecule has 0 bridgehead atoms. The van der Waals surface area contributed by atoms with Crippen LogP contribution in [0.5, 0.6) is 0 Å². The van der Waals surface area contributed by atoms with Crippen LogP contribution in [0, 0.1) is 15.3 Å². The Labute approximate surface area is 75.4 Å². The number of hydrogen-bond donors (Lipinski definition) is 0. The molecule has 0 unspecified atom stereocenters. The van der Waals surface area contributed by atoms with Gasteiger partial charge in [-0.15, -0.1) is 0 Å². The van der Waals surface area contributed by atoms with E-state index in [2.05, 4.69) is 0 Å². The molecule has 0 N–H and O–H groups in total. The van der Waals surface area contributed by atoms with Crippen molar-refractivity contribution in [1.82, 2.24) is 0 Å². The molecule has 0 aliphatic heterocycles. The standard InChI is InChI=1S/Ag.NO3.2O.Ti/c;2-1(3)4;;;/q+1;-1;2*-2;+4. The summed E-state index contributed by atoms with van der Waals surface area (Å²) in [4.78, 5) is 8.25. The van der Waals surface area contributed by atoms with E-state index in [1.807, 2.05) is 0 Å². The zero-order valence-electron chi connectivity index (χ0n) is 3.29. The first kappa shape index (κ1) is 38.5. The van der Waals surface area contributed by atoms with Crippen molar-refractivity contribution in [3.63, 3.8) is 0 Å². The van der Waals surface area contributed by atoms with Crippen molar-refractivity contribution in [2.75, 3.05) is 0 Å². The number of hydrogen-bond acceptors (Lipinski definition) is 3. The Hall–Kier alpha value is 0.575. The Morgan fingerprint density at radius 2 is 1.12 bits per heavy atom. The van der Waals surface area contributed by atoms with Crippen LogP contribution < -0.4 is 0 Å². The fraction of sp³-hybridized carbons (Fsp3) is 0. The summed E-state index contributed by atoms with van der Waals surface area (Å²) in [5.74, 6) is 0. The molecule has 0 aliphatic carbocycles. The summed E-state index contributed by atoms with van der Waals surface area (Å²) in [6.45, 7) is 0. The van der Waals surface area contributed by atoms with Gasteiger partial charge in [0.1, 0.15) is 0 Å². The van der Waals surface area contributed by atoms with E-state index >= 15 is 0 Å². The van der Waals surface area contributed by atoms with Crippen molar-refractivity contribution in [3.8, 4) is 0 Å². The van der Waals surface area contributed by atoms with Crippen LogP contribution in [0.25, 0.3) is 0 Å². The van der Waals surface area contributed by atoms with E-state index in [-0.39, 0.29) is 55.1 Å². The predicted octanol–water partition coefficient (Wildman–Crippen LogP) is -0.482. The van der Waals surface area contributed by atoms with Crippen LogP contribution >= 0.6 is 0 Å². The molecular formula is AgNO5Ti. The second kappa shape index (κ2) is 25.6. The second-order valence-electron chi connectivity index (χ2n) is 0.224. The third kappa shape index (κ3) is 619.